The number of carbonyl (C=O) groups is 4. The van der Waals surface area contributed by atoms with Gasteiger partial charge in [-0.1, -0.05) is 97.2 Å². The van der Waals surface area contributed by atoms with E-state index < -0.39 is 29.9 Å². The third-order valence-electron chi connectivity index (χ3n) is 10.9. The van der Waals surface area contributed by atoms with E-state index in [2.05, 4.69) is 10.6 Å². The molecule has 2 aliphatic rings. The molecule has 55 heavy (non-hydrogen) atoms. The van der Waals surface area contributed by atoms with Gasteiger partial charge in [-0.2, -0.15) is 0 Å². The number of amides is 3. The number of rotatable bonds is 16. The van der Waals surface area contributed by atoms with E-state index in [1.807, 2.05) is 84.9 Å². The number of benzene rings is 4. The van der Waals surface area contributed by atoms with Gasteiger partial charge in [-0.15, -0.1) is 0 Å². The Morgan fingerprint density at radius 1 is 0.873 bits per heavy atom. The molecule has 1 saturated carbocycles. The van der Waals surface area contributed by atoms with Crippen LogP contribution in [0.15, 0.2) is 109 Å². The summed E-state index contributed by atoms with van der Waals surface area (Å²) in [5, 5.41) is 18.1. The van der Waals surface area contributed by atoms with Crippen molar-refractivity contribution in [2.75, 3.05) is 18.1 Å². The van der Waals surface area contributed by atoms with Crippen molar-refractivity contribution in [3.63, 3.8) is 0 Å². The lowest BCUT2D eigenvalue weighted by Crippen LogP contribution is -2.52. The van der Waals surface area contributed by atoms with Crippen molar-refractivity contribution in [3.05, 3.63) is 131 Å². The van der Waals surface area contributed by atoms with Gasteiger partial charge in [0.15, 0.2) is 6.61 Å². The molecule has 4 aromatic rings. The fourth-order valence-corrected chi connectivity index (χ4v) is 8.05. The molecule has 1 aliphatic heterocycles. The molecule has 0 aromatic heterocycles. The van der Waals surface area contributed by atoms with Crippen LogP contribution in [0.4, 0.5) is 5.69 Å². The maximum Gasteiger partial charge on any atom is 0.263 e. The predicted molar refractivity (Wildman–Crippen MR) is 212 cm³/mol. The van der Waals surface area contributed by atoms with Crippen LogP contribution in [0.25, 0.3) is 0 Å². The fourth-order valence-electron chi connectivity index (χ4n) is 7.92. The lowest BCUT2D eigenvalue weighted by atomic mass is 9.80. The fraction of sp³-hybridized carbons (Fsp3) is 0.364. The van der Waals surface area contributed by atoms with Crippen molar-refractivity contribution in [2.45, 2.75) is 83.3 Å². The van der Waals surface area contributed by atoms with Crippen LogP contribution in [0, 0.1) is 5.41 Å². The summed E-state index contributed by atoms with van der Waals surface area (Å²) in [6.07, 6.45) is 3.09. The van der Waals surface area contributed by atoms with E-state index in [0.29, 0.717) is 47.8 Å². The molecule has 6 rings (SSSR count). The van der Waals surface area contributed by atoms with Crippen LogP contribution in [-0.2, 0) is 32.0 Å². The quantitative estimate of drug-likeness (QED) is 0.113. The van der Waals surface area contributed by atoms with Gasteiger partial charge in [-0.05, 0) is 85.7 Å². The number of nitrogens with one attached hydrogen (secondary N) is 2. The molecule has 4 aromatic carbocycles. The Balaban J connectivity index is 1.27. The zero-order valence-corrected chi connectivity index (χ0v) is 32.1. The number of halogens is 1. The standard InChI is InChI=1S/C44H49ClN4O6/c1-30(50)38(47-43(54)44(23-9-10-24-44)25-26-46-31(2)51)27-33-15-21-36(22-16-33)48-41(34-17-19-35(45)20-18-34)49(40(52)29-55-37-13-7-4-8-14-37)39(42(48)53)28-32-11-5-3-6-12-32/h3-8,11-22,38-39,41,43,47,54H,9-10,23-29H2,1-2H3,(H,46,51). The van der Waals surface area contributed by atoms with Crippen molar-refractivity contribution in [3.8, 4) is 5.75 Å². The van der Waals surface area contributed by atoms with Gasteiger partial charge < -0.3 is 20.1 Å². The van der Waals surface area contributed by atoms with Crippen molar-refractivity contribution in [2.24, 2.45) is 5.41 Å². The minimum absolute atomic E-state index is 0.105. The maximum atomic E-state index is 14.7. The van der Waals surface area contributed by atoms with Crippen LogP contribution < -0.4 is 20.3 Å². The smallest absolute Gasteiger partial charge is 0.263 e. The number of hydrogen-bond acceptors (Lipinski definition) is 7. The Morgan fingerprint density at radius 2 is 1.51 bits per heavy atom. The summed E-state index contributed by atoms with van der Waals surface area (Å²) in [6.45, 7) is 3.18. The molecule has 1 heterocycles. The Morgan fingerprint density at radius 3 is 2.13 bits per heavy atom. The summed E-state index contributed by atoms with van der Waals surface area (Å²) < 4.78 is 5.91. The molecule has 3 N–H and O–H groups in total. The normalized spacial score (nSPS) is 18.9. The molecule has 4 atom stereocenters. The van der Waals surface area contributed by atoms with Crippen LogP contribution in [0.1, 0.15) is 68.8 Å². The highest BCUT2D eigenvalue weighted by Crippen LogP contribution is 2.44. The van der Waals surface area contributed by atoms with Crippen molar-refractivity contribution in [1.29, 1.82) is 0 Å². The van der Waals surface area contributed by atoms with Gasteiger partial charge in [0.25, 0.3) is 11.8 Å². The van der Waals surface area contributed by atoms with E-state index in [1.54, 1.807) is 34.1 Å². The number of anilines is 1. The molecule has 11 heteroatoms. The minimum atomic E-state index is -0.921. The molecule has 0 radical (unpaired) electrons. The van der Waals surface area contributed by atoms with Gasteiger partial charge in [-0.25, -0.2) is 0 Å². The number of hydrogen-bond donors (Lipinski definition) is 3. The first kappa shape index (κ1) is 39.7. The summed E-state index contributed by atoms with van der Waals surface area (Å²) in [5.41, 5.74) is 2.61. The SMILES string of the molecule is CC(=O)NCCC1(C(O)NC(Cc2ccc(N3C(=O)C(Cc4ccccc4)N(C(=O)COc4ccccc4)C3c3ccc(Cl)cc3)cc2)C(C)=O)CCCC1. The van der Waals surface area contributed by atoms with Gasteiger partial charge in [0.1, 0.15) is 30.0 Å². The molecular formula is C44H49ClN4O6. The second-order valence-electron chi connectivity index (χ2n) is 14.6. The third-order valence-corrected chi connectivity index (χ3v) is 11.1. The average Bonchev–Trinajstić information content (AvgIpc) is 3.78. The molecule has 10 nitrogen and oxygen atoms in total. The minimum Gasteiger partial charge on any atom is -0.484 e. The molecule has 2 fully saturated rings. The molecule has 4 unspecified atom stereocenters. The van der Waals surface area contributed by atoms with Gasteiger partial charge in [0, 0.05) is 36.0 Å². The second-order valence-corrected chi connectivity index (χ2v) is 15.1. The summed E-state index contributed by atoms with van der Waals surface area (Å²) in [4.78, 5) is 56.6. The highest BCUT2D eigenvalue weighted by Gasteiger charge is 2.50. The number of ketones is 1. The first-order valence-corrected chi connectivity index (χ1v) is 19.3. The Hall–Kier alpha value is -5.03. The lowest BCUT2D eigenvalue weighted by Gasteiger charge is -2.37. The van der Waals surface area contributed by atoms with Crippen molar-refractivity contribution < 1.29 is 29.0 Å². The predicted octanol–water partition coefficient (Wildman–Crippen LogP) is 6.40. The van der Waals surface area contributed by atoms with Crippen LogP contribution >= 0.6 is 11.6 Å². The molecule has 3 amide bonds. The Labute approximate surface area is 327 Å². The molecular weight excluding hydrogens is 716 g/mol. The Kier molecular flexibility index (Phi) is 13.0. The number of carbonyl (C=O) groups excluding carboxylic acids is 4. The monoisotopic (exact) mass is 764 g/mol. The van der Waals surface area contributed by atoms with Gasteiger partial charge in [0.05, 0.1) is 6.04 Å². The molecule has 0 spiro atoms. The number of nitrogens with zero attached hydrogens (tertiary/aromatic N) is 2. The zero-order valence-electron chi connectivity index (χ0n) is 31.3. The van der Waals surface area contributed by atoms with Gasteiger partial charge in [-0.3, -0.25) is 29.4 Å². The largest absolute Gasteiger partial charge is 0.484 e. The van der Waals surface area contributed by atoms with Crippen LogP contribution in [-0.4, -0.2) is 65.0 Å². The molecule has 0 bridgehead atoms. The summed E-state index contributed by atoms with van der Waals surface area (Å²) in [7, 11) is 0. The van der Waals surface area contributed by atoms with E-state index in [-0.39, 0.29) is 30.1 Å². The zero-order chi connectivity index (χ0) is 39.0. The van der Waals surface area contributed by atoms with Crippen LogP contribution in [0.2, 0.25) is 5.02 Å². The van der Waals surface area contributed by atoms with Crippen molar-refractivity contribution >= 4 is 40.8 Å². The first-order valence-electron chi connectivity index (χ1n) is 18.9. The third kappa shape index (κ3) is 9.62. The van der Waals surface area contributed by atoms with Crippen molar-refractivity contribution in [1.82, 2.24) is 15.5 Å². The first-order chi connectivity index (χ1) is 26.5. The summed E-state index contributed by atoms with van der Waals surface area (Å²) in [5.74, 6) is -0.253. The van der Waals surface area contributed by atoms with E-state index in [4.69, 9.17) is 16.3 Å². The van der Waals surface area contributed by atoms with E-state index in [0.717, 1.165) is 36.8 Å². The van der Waals surface area contributed by atoms with Crippen LogP contribution in [0.5, 0.6) is 5.75 Å². The average molecular weight is 765 g/mol. The Bertz CT molecular complexity index is 1920. The topological polar surface area (TPSA) is 128 Å². The number of aliphatic hydroxyl groups excluding tert-OH is 1. The molecule has 1 saturated heterocycles. The molecule has 288 valence electrons. The number of aliphatic hydroxyl groups is 1. The summed E-state index contributed by atoms with van der Waals surface area (Å²) >= 11 is 6.30. The van der Waals surface area contributed by atoms with Gasteiger partial charge in [0.2, 0.25) is 5.91 Å². The van der Waals surface area contributed by atoms with Gasteiger partial charge >= 0.3 is 0 Å². The number of ether oxygens (including phenoxy) is 1. The lowest BCUT2D eigenvalue weighted by molar-refractivity contribution is -0.138. The highest BCUT2D eigenvalue weighted by atomic mass is 35.5. The maximum absolute atomic E-state index is 14.7. The molecule has 1 aliphatic carbocycles. The summed E-state index contributed by atoms with van der Waals surface area (Å²) in [6, 6.07) is 31.8. The second kappa shape index (κ2) is 18.1. The van der Waals surface area contributed by atoms with Crippen LogP contribution in [0.3, 0.4) is 0 Å². The van der Waals surface area contributed by atoms with E-state index in [9.17, 15) is 24.3 Å². The number of para-hydroxylation sites is 1. The highest BCUT2D eigenvalue weighted by molar-refractivity contribution is 6.30. The van der Waals surface area contributed by atoms with E-state index in [1.165, 1.54) is 13.8 Å². The van der Waals surface area contributed by atoms with E-state index >= 15 is 0 Å². The number of Topliss-reactive ketones (excluding diaryl/α,β-unsaturated/α-hetero) is 1.